The van der Waals surface area contributed by atoms with Crippen LogP contribution in [-0.2, 0) is 19.1 Å². The van der Waals surface area contributed by atoms with Crippen molar-refractivity contribution in [3.05, 3.63) is 54.4 Å². The summed E-state index contributed by atoms with van der Waals surface area (Å²) in [5.41, 5.74) is 0.880. The molecule has 3 aromatic rings. The Morgan fingerprint density at radius 1 is 1.21 bits per heavy atom. The van der Waals surface area contributed by atoms with Gasteiger partial charge in [-0.3, -0.25) is 23.7 Å². The molecule has 14 heteroatoms. The van der Waals surface area contributed by atoms with Gasteiger partial charge in [-0.15, -0.1) is 0 Å². The van der Waals surface area contributed by atoms with Crippen LogP contribution in [0.1, 0.15) is 37.2 Å². The van der Waals surface area contributed by atoms with Crippen molar-refractivity contribution in [2.24, 2.45) is 0 Å². The number of hydrogen-bond donors (Lipinski definition) is 1. The van der Waals surface area contributed by atoms with Gasteiger partial charge < -0.3 is 24.6 Å². The topological polar surface area (TPSA) is 139 Å². The van der Waals surface area contributed by atoms with Gasteiger partial charge in [-0.2, -0.15) is 0 Å². The van der Waals surface area contributed by atoms with E-state index >= 15 is 4.39 Å². The summed E-state index contributed by atoms with van der Waals surface area (Å²) in [7, 11) is 0. The smallest absolute Gasteiger partial charge is 0.414 e. The van der Waals surface area contributed by atoms with Crippen LogP contribution in [0.2, 0.25) is 0 Å². The fourth-order valence-electron chi connectivity index (χ4n) is 5.03. The van der Waals surface area contributed by atoms with Gasteiger partial charge in [-0.05, 0) is 44.5 Å². The largest absolute Gasteiger partial charge is 0.466 e. The summed E-state index contributed by atoms with van der Waals surface area (Å²) in [4.78, 5) is 62.7. The van der Waals surface area contributed by atoms with Gasteiger partial charge in [0.25, 0.3) is 5.91 Å². The summed E-state index contributed by atoms with van der Waals surface area (Å²) in [6, 6.07) is 5.48. The van der Waals surface area contributed by atoms with Crippen molar-refractivity contribution >= 4 is 41.0 Å². The lowest BCUT2D eigenvalue weighted by atomic mass is 10.1. The highest BCUT2D eigenvalue weighted by Crippen LogP contribution is 2.29. The third kappa shape index (κ3) is 6.26. The molecular formula is C28H32FN7O6. The monoisotopic (exact) mass is 581 g/mol. The molecule has 42 heavy (non-hydrogen) atoms. The van der Waals surface area contributed by atoms with Crippen molar-refractivity contribution in [3.8, 4) is 0 Å². The Kier molecular flexibility index (Phi) is 8.50. The number of carbonyl (C=O) groups is 4. The summed E-state index contributed by atoms with van der Waals surface area (Å²) in [5.74, 6) is -1.20. The second kappa shape index (κ2) is 12.4. The Morgan fingerprint density at radius 3 is 2.71 bits per heavy atom. The van der Waals surface area contributed by atoms with E-state index < -0.39 is 30.0 Å². The standard InChI is InChI=1S/C28H32FN7O6/c1-3-41-24(37)8-6-20-16-36(28(40)42-20)19-5-7-23(21(29)15-19)33-11-13-34(14-12-33)26(39)18(2)31-25(38)22-17-35-10-4-9-30-27(35)32-22/h4-5,7,9-10,15,17-18,20H,3,6,8,11-14,16H2,1-2H3,(H,31,38)/t18-,20-/m0/s1. The van der Waals surface area contributed by atoms with Gasteiger partial charge >= 0.3 is 12.1 Å². The SMILES string of the molecule is CCOC(=O)CC[C@H]1CN(c2ccc(N3CCN(C(=O)[C@H](C)NC(=O)c4cn5cccnc5n4)CC3)c(F)c2)C(=O)O1. The molecule has 222 valence electrons. The number of ether oxygens (including phenoxy) is 2. The van der Waals surface area contributed by atoms with E-state index in [1.54, 1.807) is 59.9 Å². The van der Waals surface area contributed by atoms with Gasteiger partial charge in [0.15, 0.2) is 0 Å². The molecule has 0 saturated carbocycles. The number of aromatic nitrogens is 3. The van der Waals surface area contributed by atoms with E-state index in [9.17, 15) is 19.2 Å². The lowest BCUT2D eigenvalue weighted by Crippen LogP contribution is -2.54. The van der Waals surface area contributed by atoms with E-state index in [0.29, 0.717) is 49.8 Å². The minimum Gasteiger partial charge on any atom is -0.466 e. The molecule has 5 rings (SSSR count). The van der Waals surface area contributed by atoms with E-state index in [0.717, 1.165) is 0 Å². The van der Waals surface area contributed by atoms with Crippen LogP contribution in [0.5, 0.6) is 0 Å². The number of piperazine rings is 1. The number of rotatable bonds is 9. The molecule has 0 spiro atoms. The molecule has 1 aromatic carbocycles. The van der Waals surface area contributed by atoms with Gasteiger partial charge in [0.05, 0.1) is 24.5 Å². The predicted octanol–water partition coefficient (Wildman–Crippen LogP) is 2.00. The third-order valence-electron chi connectivity index (χ3n) is 7.21. The lowest BCUT2D eigenvalue weighted by Gasteiger charge is -2.37. The number of cyclic esters (lactones) is 1. The normalized spacial score (nSPS) is 17.7. The molecule has 2 aliphatic rings. The number of esters is 1. The highest BCUT2D eigenvalue weighted by atomic mass is 19.1. The highest BCUT2D eigenvalue weighted by Gasteiger charge is 2.33. The van der Waals surface area contributed by atoms with Crippen molar-refractivity contribution in [1.82, 2.24) is 24.6 Å². The molecule has 0 aliphatic carbocycles. The first-order chi connectivity index (χ1) is 20.2. The van der Waals surface area contributed by atoms with E-state index in [4.69, 9.17) is 9.47 Å². The zero-order chi connectivity index (χ0) is 29.8. The van der Waals surface area contributed by atoms with Gasteiger partial charge in [0, 0.05) is 51.2 Å². The summed E-state index contributed by atoms with van der Waals surface area (Å²) < 4.78 is 27.1. The number of carbonyl (C=O) groups excluding carboxylic acids is 4. The van der Waals surface area contributed by atoms with Crippen molar-refractivity contribution in [3.63, 3.8) is 0 Å². The Hall–Kier alpha value is -4.75. The number of fused-ring (bicyclic) bond motifs is 1. The molecule has 2 atom stereocenters. The van der Waals surface area contributed by atoms with Crippen LogP contribution >= 0.6 is 0 Å². The quantitative estimate of drug-likeness (QED) is 0.376. The molecule has 2 aromatic heterocycles. The first kappa shape index (κ1) is 28.8. The van der Waals surface area contributed by atoms with Crippen LogP contribution in [0.25, 0.3) is 5.78 Å². The van der Waals surface area contributed by atoms with E-state index in [1.807, 2.05) is 4.90 Å². The first-order valence-corrected chi connectivity index (χ1v) is 13.8. The van der Waals surface area contributed by atoms with Crippen LogP contribution in [0.3, 0.4) is 0 Å². The molecule has 3 amide bonds. The van der Waals surface area contributed by atoms with Gasteiger partial charge in [0.1, 0.15) is 23.7 Å². The molecule has 0 radical (unpaired) electrons. The van der Waals surface area contributed by atoms with Crippen molar-refractivity contribution < 1.29 is 33.0 Å². The fourth-order valence-corrected chi connectivity index (χ4v) is 5.03. The average Bonchev–Trinajstić information content (AvgIpc) is 3.59. The summed E-state index contributed by atoms with van der Waals surface area (Å²) >= 11 is 0. The average molecular weight is 582 g/mol. The number of benzene rings is 1. The molecule has 1 N–H and O–H groups in total. The van der Waals surface area contributed by atoms with E-state index in [1.165, 1.54) is 11.0 Å². The number of hydrogen-bond acceptors (Lipinski definition) is 9. The zero-order valence-corrected chi connectivity index (χ0v) is 23.4. The Bertz CT molecular complexity index is 1460. The summed E-state index contributed by atoms with van der Waals surface area (Å²) in [6.45, 7) is 5.31. The van der Waals surface area contributed by atoms with Crippen LogP contribution in [-0.4, -0.2) is 94.6 Å². The van der Waals surface area contributed by atoms with Crippen LogP contribution < -0.4 is 15.1 Å². The zero-order valence-electron chi connectivity index (χ0n) is 23.4. The molecule has 2 fully saturated rings. The van der Waals surface area contributed by atoms with Crippen LogP contribution in [0.4, 0.5) is 20.6 Å². The van der Waals surface area contributed by atoms with Crippen LogP contribution in [0.15, 0.2) is 42.9 Å². The maximum atomic E-state index is 15.2. The number of amides is 3. The first-order valence-electron chi connectivity index (χ1n) is 13.8. The number of anilines is 2. The molecule has 2 aliphatic heterocycles. The maximum Gasteiger partial charge on any atom is 0.414 e. The lowest BCUT2D eigenvalue weighted by molar-refractivity contribution is -0.143. The number of imidazole rings is 1. The van der Waals surface area contributed by atoms with Crippen molar-refractivity contribution in [2.75, 3.05) is 49.1 Å². The molecule has 0 bridgehead atoms. The summed E-state index contributed by atoms with van der Waals surface area (Å²) in [5, 5.41) is 2.69. The second-order valence-electron chi connectivity index (χ2n) is 10.1. The Balaban J connectivity index is 1.13. The molecule has 13 nitrogen and oxygen atoms in total. The number of nitrogens with one attached hydrogen (secondary N) is 1. The Labute approximate surface area is 241 Å². The fraction of sp³-hybridized carbons (Fsp3) is 0.429. The second-order valence-corrected chi connectivity index (χ2v) is 10.1. The third-order valence-corrected chi connectivity index (χ3v) is 7.21. The summed E-state index contributed by atoms with van der Waals surface area (Å²) in [6.07, 6.45) is 4.22. The van der Waals surface area contributed by atoms with Crippen molar-refractivity contribution in [1.29, 1.82) is 0 Å². The van der Waals surface area contributed by atoms with Crippen LogP contribution in [0, 0.1) is 5.82 Å². The number of halogens is 1. The van der Waals surface area contributed by atoms with E-state index in [-0.39, 0.29) is 37.1 Å². The minimum absolute atomic E-state index is 0.131. The van der Waals surface area contributed by atoms with Gasteiger partial charge in [-0.1, -0.05) is 0 Å². The molecular weight excluding hydrogens is 549 g/mol. The van der Waals surface area contributed by atoms with Gasteiger partial charge in [0.2, 0.25) is 11.7 Å². The number of nitrogens with zero attached hydrogens (tertiary/aromatic N) is 6. The van der Waals surface area contributed by atoms with Crippen molar-refractivity contribution in [2.45, 2.75) is 38.8 Å². The Morgan fingerprint density at radius 2 is 2.00 bits per heavy atom. The molecule has 2 saturated heterocycles. The van der Waals surface area contributed by atoms with E-state index in [2.05, 4.69) is 15.3 Å². The minimum atomic E-state index is -0.779. The molecule has 4 heterocycles. The predicted molar refractivity (Wildman–Crippen MR) is 149 cm³/mol. The molecule has 0 unspecified atom stereocenters. The highest BCUT2D eigenvalue weighted by molar-refractivity contribution is 5.96. The van der Waals surface area contributed by atoms with Gasteiger partial charge in [-0.25, -0.2) is 19.2 Å². The maximum absolute atomic E-state index is 15.2.